The molecule has 7 heteroatoms. The third-order valence-electron chi connectivity index (χ3n) is 5.66. The molecule has 1 aromatic carbocycles. The second kappa shape index (κ2) is 10.5. The first-order chi connectivity index (χ1) is 15.1. The fourth-order valence-corrected chi connectivity index (χ4v) is 4.18. The van der Waals surface area contributed by atoms with E-state index in [-0.39, 0.29) is 12.3 Å². The van der Waals surface area contributed by atoms with Crippen molar-refractivity contribution in [2.45, 2.75) is 58.1 Å². The number of nitrogens with two attached hydrogens (primary N) is 1. The Labute approximate surface area is 182 Å². The lowest BCUT2D eigenvalue weighted by molar-refractivity contribution is -0.191. The Balaban J connectivity index is 0.000000858. The maximum Gasteiger partial charge on any atom is 0.373 e. The normalized spacial score (nSPS) is 17.9. The smallest absolute Gasteiger partial charge is 0.373 e. The first kappa shape index (κ1) is 22.2. The van der Waals surface area contributed by atoms with Crippen LogP contribution in [0.2, 0.25) is 0 Å². The number of nitrogen functional groups attached to an aromatic ring is 1. The maximum absolute atomic E-state index is 8.12. The summed E-state index contributed by atoms with van der Waals surface area (Å²) in [5.41, 5.74) is 10.4. The molecule has 3 aromatic rings. The van der Waals surface area contributed by atoms with Gasteiger partial charge in [-0.05, 0) is 68.9 Å². The number of carbonyl (C=O) groups excluding carboxylic acids is 2. The predicted molar refractivity (Wildman–Crippen MR) is 120 cm³/mol. The van der Waals surface area contributed by atoms with E-state index in [0.29, 0.717) is 6.04 Å². The van der Waals surface area contributed by atoms with Gasteiger partial charge in [-0.3, -0.25) is 4.98 Å². The van der Waals surface area contributed by atoms with Gasteiger partial charge in [-0.2, -0.15) is 9.59 Å². The van der Waals surface area contributed by atoms with Crippen LogP contribution >= 0.6 is 0 Å². The van der Waals surface area contributed by atoms with Crippen molar-refractivity contribution < 1.29 is 14.3 Å². The monoisotopic (exact) mass is 420 g/mol. The van der Waals surface area contributed by atoms with Gasteiger partial charge in [0.25, 0.3) is 0 Å². The van der Waals surface area contributed by atoms with E-state index in [9.17, 15) is 0 Å². The maximum atomic E-state index is 8.12. The molecule has 1 fully saturated rings. The van der Waals surface area contributed by atoms with Gasteiger partial charge in [0.2, 0.25) is 0 Å². The topological polar surface area (TPSA) is 107 Å². The molecule has 2 heterocycles. The lowest BCUT2D eigenvalue weighted by Gasteiger charge is -2.30. The average Bonchev–Trinajstić information content (AvgIpc) is 2.76. The van der Waals surface area contributed by atoms with Crippen LogP contribution < -0.4 is 15.8 Å². The van der Waals surface area contributed by atoms with Crippen LogP contribution in [-0.2, 0) is 16.0 Å². The van der Waals surface area contributed by atoms with Crippen molar-refractivity contribution in [1.82, 2.24) is 9.97 Å². The van der Waals surface area contributed by atoms with Crippen LogP contribution in [0.15, 0.2) is 42.6 Å². The summed E-state index contributed by atoms with van der Waals surface area (Å²) in [5.74, 6) is 1.81. The summed E-state index contributed by atoms with van der Waals surface area (Å²) in [5, 5.41) is 4.49. The second-order valence-electron chi connectivity index (χ2n) is 7.63. The minimum absolute atomic E-state index is 0.207. The summed E-state index contributed by atoms with van der Waals surface area (Å²) in [6, 6.07) is 12.4. The van der Waals surface area contributed by atoms with Crippen LogP contribution in [0.25, 0.3) is 10.9 Å². The molecule has 1 aliphatic rings. The summed E-state index contributed by atoms with van der Waals surface area (Å²) in [4.78, 5) is 25.4. The van der Waals surface area contributed by atoms with Crippen molar-refractivity contribution in [3.05, 3.63) is 53.9 Å². The van der Waals surface area contributed by atoms with Crippen LogP contribution in [0.1, 0.15) is 43.9 Å². The Kier molecular flexibility index (Phi) is 7.57. The highest BCUT2D eigenvalue weighted by Gasteiger charge is 2.24. The summed E-state index contributed by atoms with van der Waals surface area (Å²) >= 11 is 0. The van der Waals surface area contributed by atoms with E-state index in [1.165, 1.54) is 0 Å². The molecule has 1 aliphatic carbocycles. The Morgan fingerprint density at radius 2 is 1.87 bits per heavy atom. The minimum Gasteiger partial charge on any atom is -0.490 e. The summed E-state index contributed by atoms with van der Waals surface area (Å²) in [7, 11) is 0. The number of nitrogens with one attached hydrogen (secondary N) is 1. The fourth-order valence-electron chi connectivity index (χ4n) is 4.18. The molecule has 1 saturated carbocycles. The van der Waals surface area contributed by atoms with Gasteiger partial charge in [0, 0.05) is 23.6 Å². The van der Waals surface area contributed by atoms with Crippen molar-refractivity contribution in [3.8, 4) is 5.75 Å². The number of fused-ring (bicyclic) bond motifs is 1. The number of nitrogens with zero attached hydrogens (tertiary/aromatic N) is 2. The van der Waals surface area contributed by atoms with E-state index in [0.717, 1.165) is 71.5 Å². The zero-order chi connectivity index (χ0) is 22.2. The molecule has 31 heavy (non-hydrogen) atoms. The van der Waals surface area contributed by atoms with Gasteiger partial charge in [-0.25, -0.2) is 4.98 Å². The number of ether oxygens (including phenoxy) is 1. The Morgan fingerprint density at radius 3 is 2.52 bits per heavy atom. The number of benzene rings is 1. The van der Waals surface area contributed by atoms with E-state index < -0.39 is 0 Å². The van der Waals surface area contributed by atoms with E-state index in [4.69, 9.17) is 25.0 Å². The highest BCUT2D eigenvalue weighted by molar-refractivity contribution is 5.97. The lowest BCUT2D eigenvalue weighted by Crippen LogP contribution is -2.31. The van der Waals surface area contributed by atoms with Crippen LogP contribution in [0.5, 0.6) is 5.75 Å². The predicted octanol–water partition coefficient (Wildman–Crippen LogP) is 4.30. The molecule has 0 bridgehead atoms. The van der Waals surface area contributed by atoms with E-state index in [1.54, 1.807) is 0 Å². The van der Waals surface area contributed by atoms with Crippen LogP contribution in [-0.4, -0.2) is 28.3 Å². The number of anilines is 2. The standard InChI is InChI=1S/C23H28N4O.CO2/c1-3-18-15(2)26-19-7-6-8-20(22(19)23(18)24)28-17-12-10-16(11-13-17)27-21-9-4-5-14-25-21;2-1-3/h4-9,14,16-17H,3,10-13H2,1-2H3,(H2,24,26)(H,25,27);. The highest BCUT2D eigenvalue weighted by atomic mass is 16.5. The van der Waals surface area contributed by atoms with E-state index in [1.807, 2.05) is 49.5 Å². The molecule has 162 valence electrons. The van der Waals surface area contributed by atoms with Gasteiger partial charge < -0.3 is 15.8 Å². The SMILES string of the molecule is CCc1c(C)nc2cccc(OC3CCC(Nc4ccccn4)CC3)c2c1N.O=C=O. The molecule has 4 rings (SSSR count). The number of pyridine rings is 2. The summed E-state index contributed by atoms with van der Waals surface area (Å²) in [6.07, 6.45) is 7.32. The number of hydrogen-bond donors (Lipinski definition) is 2. The molecule has 0 amide bonds. The third kappa shape index (κ3) is 5.38. The summed E-state index contributed by atoms with van der Waals surface area (Å²) < 4.78 is 6.42. The van der Waals surface area contributed by atoms with E-state index in [2.05, 4.69) is 17.2 Å². The Hall–Kier alpha value is -3.44. The number of aryl methyl sites for hydroxylation is 1. The first-order valence-electron chi connectivity index (χ1n) is 10.6. The molecule has 0 saturated heterocycles. The van der Waals surface area contributed by atoms with Gasteiger partial charge in [0.05, 0.1) is 17.0 Å². The van der Waals surface area contributed by atoms with Gasteiger partial charge in [-0.1, -0.05) is 19.1 Å². The molecule has 0 spiro atoms. The van der Waals surface area contributed by atoms with Gasteiger partial charge >= 0.3 is 6.15 Å². The molecular formula is C24H28N4O3. The van der Waals surface area contributed by atoms with Gasteiger partial charge in [0.1, 0.15) is 11.6 Å². The molecule has 0 atom stereocenters. The van der Waals surface area contributed by atoms with Crippen LogP contribution in [0.3, 0.4) is 0 Å². The van der Waals surface area contributed by atoms with Crippen molar-refractivity contribution in [2.24, 2.45) is 0 Å². The molecule has 2 aromatic heterocycles. The zero-order valence-corrected chi connectivity index (χ0v) is 17.9. The molecule has 7 nitrogen and oxygen atoms in total. The van der Waals surface area contributed by atoms with E-state index >= 15 is 0 Å². The molecule has 0 aliphatic heterocycles. The van der Waals surface area contributed by atoms with Crippen molar-refractivity contribution in [1.29, 1.82) is 0 Å². The third-order valence-corrected chi connectivity index (χ3v) is 5.66. The average molecular weight is 421 g/mol. The number of rotatable bonds is 5. The summed E-state index contributed by atoms with van der Waals surface area (Å²) in [6.45, 7) is 4.14. The number of hydrogen-bond acceptors (Lipinski definition) is 7. The molecular weight excluding hydrogens is 392 g/mol. The van der Waals surface area contributed by atoms with Gasteiger partial charge in [0.15, 0.2) is 0 Å². The zero-order valence-electron chi connectivity index (χ0n) is 17.9. The fraction of sp³-hybridized carbons (Fsp3) is 0.375. The quantitative estimate of drug-likeness (QED) is 0.633. The largest absolute Gasteiger partial charge is 0.490 e. The van der Waals surface area contributed by atoms with Crippen LogP contribution in [0, 0.1) is 6.92 Å². The molecule has 0 radical (unpaired) electrons. The molecule has 3 N–H and O–H groups in total. The van der Waals surface area contributed by atoms with Crippen LogP contribution in [0.4, 0.5) is 11.5 Å². The van der Waals surface area contributed by atoms with Crippen molar-refractivity contribution in [2.75, 3.05) is 11.1 Å². The van der Waals surface area contributed by atoms with Crippen molar-refractivity contribution in [3.63, 3.8) is 0 Å². The molecule has 0 unspecified atom stereocenters. The minimum atomic E-state index is 0.207. The Morgan fingerprint density at radius 1 is 1.13 bits per heavy atom. The first-order valence-corrected chi connectivity index (χ1v) is 10.6. The Bertz CT molecular complexity index is 1040. The van der Waals surface area contributed by atoms with Crippen molar-refractivity contribution >= 4 is 28.6 Å². The second-order valence-corrected chi connectivity index (χ2v) is 7.63. The number of aromatic nitrogens is 2. The lowest BCUT2D eigenvalue weighted by atomic mass is 9.93. The van der Waals surface area contributed by atoms with Gasteiger partial charge in [-0.15, -0.1) is 0 Å². The highest BCUT2D eigenvalue weighted by Crippen LogP contribution is 2.35.